The van der Waals surface area contributed by atoms with Crippen molar-refractivity contribution >= 4 is 60.6 Å². The fourth-order valence-electron chi connectivity index (χ4n) is 1.72. The minimum Gasteiger partial charge on any atom is -0.364 e. The molecule has 0 saturated carbocycles. The molecule has 0 unspecified atom stereocenters. The van der Waals surface area contributed by atoms with E-state index < -0.39 is 0 Å². The summed E-state index contributed by atoms with van der Waals surface area (Å²) in [6.07, 6.45) is 0. The zero-order chi connectivity index (χ0) is 13.2. The summed E-state index contributed by atoms with van der Waals surface area (Å²) in [4.78, 5) is 11.2. The Labute approximate surface area is 127 Å². The molecule has 7 heteroatoms. The van der Waals surface area contributed by atoms with Crippen molar-refractivity contribution in [2.45, 2.75) is 6.54 Å². The summed E-state index contributed by atoms with van der Waals surface area (Å²) < 4.78 is 1.12. The number of rotatable bonds is 4. The minimum atomic E-state index is 0.643. The molecule has 0 saturated heterocycles. The van der Waals surface area contributed by atoms with Gasteiger partial charge in [-0.1, -0.05) is 0 Å². The second-order valence-electron chi connectivity index (χ2n) is 3.87. The molecular formula is C12H11BrN4S2. The first kappa shape index (κ1) is 12.8. The predicted octanol–water partition coefficient (Wildman–Crippen LogP) is 4.17. The third-order valence-electron chi connectivity index (χ3n) is 2.60. The lowest BCUT2D eigenvalue weighted by Crippen LogP contribution is -2.04. The van der Waals surface area contributed by atoms with E-state index in [-0.39, 0.29) is 0 Å². The van der Waals surface area contributed by atoms with Crippen LogP contribution in [0.5, 0.6) is 0 Å². The molecule has 2 N–H and O–H groups in total. The topological polar surface area (TPSA) is 49.8 Å². The van der Waals surface area contributed by atoms with Crippen LogP contribution in [-0.4, -0.2) is 17.0 Å². The monoisotopic (exact) mass is 354 g/mol. The van der Waals surface area contributed by atoms with Gasteiger partial charge in [0.25, 0.3) is 0 Å². The molecule has 3 aromatic rings. The number of nitrogens with one attached hydrogen (secondary N) is 2. The molecule has 0 aromatic carbocycles. The summed E-state index contributed by atoms with van der Waals surface area (Å²) in [5.74, 6) is 1.52. The lowest BCUT2D eigenvalue weighted by Gasteiger charge is -2.07. The first-order valence-electron chi connectivity index (χ1n) is 5.66. The number of hydrogen-bond acceptors (Lipinski definition) is 6. The van der Waals surface area contributed by atoms with E-state index in [0.717, 1.165) is 27.1 Å². The lowest BCUT2D eigenvalue weighted by molar-refractivity contribution is 1.12. The minimum absolute atomic E-state index is 0.643. The van der Waals surface area contributed by atoms with E-state index in [1.807, 2.05) is 18.5 Å². The zero-order valence-corrected chi connectivity index (χ0v) is 13.3. The Balaban J connectivity index is 1.88. The van der Waals surface area contributed by atoms with Gasteiger partial charge in [0.2, 0.25) is 5.95 Å². The van der Waals surface area contributed by atoms with Crippen molar-refractivity contribution in [1.82, 2.24) is 9.97 Å². The molecule has 0 atom stereocenters. The summed E-state index contributed by atoms with van der Waals surface area (Å²) in [7, 11) is 1.83. The van der Waals surface area contributed by atoms with Crippen LogP contribution in [0.15, 0.2) is 27.4 Å². The van der Waals surface area contributed by atoms with Gasteiger partial charge in [-0.3, -0.25) is 0 Å². The van der Waals surface area contributed by atoms with Crippen LogP contribution in [0, 0.1) is 0 Å². The second kappa shape index (κ2) is 5.44. The number of aromatic nitrogens is 2. The Bertz CT molecular complexity index is 707. The third-order valence-corrected chi connectivity index (χ3v) is 5.10. The van der Waals surface area contributed by atoms with Crippen LogP contribution in [0.4, 0.5) is 11.8 Å². The van der Waals surface area contributed by atoms with Gasteiger partial charge in [0.05, 0.1) is 11.9 Å². The smallest absolute Gasteiger partial charge is 0.225 e. The Morgan fingerprint density at radius 2 is 2.21 bits per heavy atom. The normalized spacial score (nSPS) is 10.8. The summed E-state index contributed by atoms with van der Waals surface area (Å²) in [6, 6.07) is 4.16. The van der Waals surface area contributed by atoms with Crippen LogP contribution < -0.4 is 10.6 Å². The Hall–Kier alpha value is -1.18. The fraction of sp³-hybridized carbons (Fsp3) is 0.167. The van der Waals surface area contributed by atoms with E-state index >= 15 is 0 Å². The molecule has 0 bridgehead atoms. The van der Waals surface area contributed by atoms with Crippen LogP contribution in [0.1, 0.15) is 4.88 Å². The maximum Gasteiger partial charge on any atom is 0.225 e. The molecule has 0 aliphatic rings. The van der Waals surface area contributed by atoms with Crippen molar-refractivity contribution in [3.8, 4) is 0 Å². The van der Waals surface area contributed by atoms with Crippen molar-refractivity contribution in [2.24, 2.45) is 0 Å². The van der Waals surface area contributed by atoms with Crippen LogP contribution in [-0.2, 0) is 6.54 Å². The van der Waals surface area contributed by atoms with Gasteiger partial charge in [-0.25, -0.2) is 4.98 Å². The van der Waals surface area contributed by atoms with Gasteiger partial charge in [0, 0.05) is 21.8 Å². The molecule has 98 valence electrons. The number of hydrogen-bond donors (Lipinski definition) is 2. The maximum absolute atomic E-state index is 4.48. The molecule has 0 radical (unpaired) electrons. The van der Waals surface area contributed by atoms with Gasteiger partial charge in [-0.05, 0) is 33.4 Å². The zero-order valence-electron chi connectivity index (χ0n) is 10.1. The molecule has 3 heterocycles. The first-order valence-corrected chi connectivity index (χ1v) is 8.21. The molecule has 0 spiro atoms. The van der Waals surface area contributed by atoms with Crippen LogP contribution >= 0.6 is 38.6 Å². The Kier molecular flexibility index (Phi) is 3.67. The summed E-state index contributed by atoms with van der Waals surface area (Å²) >= 11 is 6.80. The van der Waals surface area contributed by atoms with Crippen LogP contribution in [0.25, 0.3) is 10.2 Å². The Morgan fingerprint density at radius 1 is 1.32 bits per heavy atom. The highest BCUT2D eigenvalue weighted by Gasteiger charge is 2.08. The Morgan fingerprint density at radius 3 is 2.95 bits per heavy atom. The molecule has 0 aliphatic heterocycles. The quantitative estimate of drug-likeness (QED) is 0.738. The van der Waals surface area contributed by atoms with Gasteiger partial charge in [-0.15, -0.1) is 22.7 Å². The van der Waals surface area contributed by atoms with Gasteiger partial charge in [-0.2, -0.15) is 4.98 Å². The SMILES string of the molecule is CNc1nc(NCc2cc(Br)cs2)c2ccsc2n1. The van der Waals surface area contributed by atoms with Crippen LogP contribution in [0.3, 0.4) is 0 Å². The standard InChI is InChI=1S/C12H11BrN4S2/c1-14-12-16-10(9-2-3-18-11(9)17-12)15-5-8-4-7(13)6-19-8/h2-4,6H,5H2,1H3,(H2,14,15,16,17). The number of halogens is 1. The number of anilines is 2. The van der Waals surface area contributed by atoms with Crippen molar-refractivity contribution in [1.29, 1.82) is 0 Å². The van der Waals surface area contributed by atoms with E-state index in [1.165, 1.54) is 4.88 Å². The van der Waals surface area contributed by atoms with E-state index in [0.29, 0.717) is 5.95 Å². The molecule has 0 aliphatic carbocycles. The largest absolute Gasteiger partial charge is 0.364 e. The average Bonchev–Trinajstić information content (AvgIpc) is 3.04. The maximum atomic E-state index is 4.48. The summed E-state index contributed by atoms with van der Waals surface area (Å²) in [6.45, 7) is 0.765. The van der Waals surface area contributed by atoms with Crippen molar-refractivity contribution < 1.29 is 0 Å². The summed E-state index contributed by atoms with van der Waals surface area (Å²) in [5, 5.41) is 11.6. The summed E-state index contributed by atoms with van der Waals surface area (Å²) in [5.41, 5.74) is 0. The van der Waals surface area contributed by atoms with Gasteiger partial charge < -0.3 is 10.6 Å². The van der Waals surface area contributed by atoms with Gasteiger partial charge >= 0.3 is 0 Å². The molecule has 4 nitrogen and oxygen atoms in total. The second-order valence-corrected chi connectivity index (χ2v) is 6.68. The van der Waals surface area contributed by atoms with E-state index in [9.17, 15) is 0 Å². The highest BCUT2D eigenvalue weighted by molar-refractivity contribution is 9.10. The third kappa shape index (κ3) is 2.72. The number of fused-ring (bicyclic) bond motifs is 1. The highest BCUT2D eigenvalue weighted by atomic mass is 79.9. The van der Waals surface area contributed by atoms with E-state index in [1.54, 1.807) is 22.7 Å². The average molecular weight is 355 g/mol. The van der Waals surface area contributed by atoms with Crippen molar-refractivity contribution in [3.63, 3.8) is 0 Å². The van der Waals surface area contributed by atoms with Gasteiger partial charge in [0.1, 0.15) is 10.6 Å². The molecular weight excluding hydrogens is 344 g/mol. The number of thiophene rings is 2. The fourth-order valence-corrected chi connectivity index (χ4v) is 3.87. The van der Waals surface area contributed by atoms with E-state index in [4.69, 9.17) is 0 Å². The van der Waals surface area contributed by atoms with E-state index in [2.05, 4.69) is 48.0 Å². The van der Waals surface area contributed by atoms with Crippen molar-refractivity contribution in [2.75, 3.05) is 17.7 Å². The van der Waals surface area contributed by atoms with Gasteiger partial charge in [0.15, 0.2) is 0 Å². The first-order chi connectivity index (χ1) is 9.26. The number of nitrogens with zero attached hydrogens (tertiary/aromatic N) is 2. The van der Waals surface area contributed by atoms with Crippen molar-refractivity contribution in [3.05, 3.63) is 32.2 Å². The molecule has 3 aromatic heterocycles. The lowest BCUT2D eigenvalue weighted by atomic mass is 10.3. The van der Waals surface area contributed by atoms with Crippen LogP contribution in [0.2, 0.25) is 0 Å². The molecule has 0 fully saturated rings. The highest BCUT2D eigenvalue weighted by Crippen LogP contribution is 2.27. The predicted molar refractivity (Wildman–Crippen MR) is 86.3 cm³/mol. The molecule has 19 heavy (non-hydrogen) atoms. The molecule has 0 amide bonds. The molecule has 3 rings (SSSR count).